The number of ether oxygens (including phenoxy) is 1. The summed E-state index contributed by atoms with van der Waals surface area (Å²) < 4.78 is 5.07. The standard InChI is InChI=1S/C34H34N4O6.Mg/c1-7-18-14(2)22-11-26-20(13-39)16(4)21(36-26)10-23-15(3)19(8-9-27(40)41)31(37-23)29-30(34(43)44-6)33(42)28-17(5)24(38-32(28)29)12-25(18)35-22;/h10-13,15,19,30H,3,7-9H2,1-2,4-6H3,(H4-,35,36,37,38,39,40,41,42);/q-2;+2/p-3/b23-10-;/t15-,19-,30+;/m0./s1. The summed E-state index contributed by atoms with van der Waals surface area (Å²) in [6, 6.07) is 0. The van der Waals surface area contributed by atoms with Gasteiger partial charge in [0.05, 0.1) is 7.11 Å². The monoisotopic (exact) mass is 615 g/mol. The molecule has 3 aliphatic rings. The normalized spacial score (nSPS) is 24.0. The van der Waals surface area contributed by atoms with Crippen LogP contribution in [0.25, 0.3) is 29.1 Å². The van der Waals surface area contributed by atoms with E-state index in [1.54, 1.807) is 26.0 Å². The minimum Gasteiger partial charge on any atom is -0.666 e. The van der Waals surface area contributed by atoms with Gasteiger partial charge in [-0.25, -0.2) is 0 Å². The van der Waals surface area contributed by atoms with Gasteiger partial charge in [-0.1, -0.05) is 58.9 Å². The quantitative estimate of drug-likeness (QED) is 0.145. The molecule has 1 saturated heterocycles. The van der Waals surface area contributed by atoms with Crippen molar-refractivity contribution in [2.75, 3.05) is 7.11 Å². The van der Waals surface area contributed by atoms with E-state index in [0.29, 0.717) is 79.1 Å². The number of allylic oxidation sites excluding steroid dienone is 2. The number of aromatic nitrogens is 3. The molecule has 10 nitrogen and oxygen atoms in total. The summed E-state index contributed by atoms with van der Waals surface area (Å²) in [5, 5.41) is 15.8. The molecule has 1 aliphatic carbocycles. The van der Waals surface area contributed by atoms with Crippen molar-refractivity contribution in [3.63, 3.8) is 0 Å². The van der Waals surface area contributed by atoms with Gasteiger partial charge in [-0.2, -0.15) is 17.3 Å². The van der Waals surface area contributed by atoms with Crippen LogP contribution < -0.4 is 25.7 Å². The second kappa shape index (κ2) is 12.0. The van der Waals surface area contributed by atoms with Gasteiger partial charge in [-0.15, -0.1) is 33.5 Å². The summed E-state index contributed by atoms with van der Waals surface area (Å²) in [6.07, 6.45) is 6.85. The molecular formula is C34H31MgN4O6-3. The number of nitrogens with zero attached hydrogens (tertiary/aromatic N) is 4. The number of carbonyl (C=O) groups excluding carboxylic acids is 3. The van der Waals surface area contributed by atoms with Gasteiger partial charge >= 0.3 is 35.0 Å². The molecule has 0 radical (unpaired) electrons. The number of esters is 1. The Bertz CT molecular complexity index is 1970. The zero-order valence-electron chi connectivity index (χ0n) is 25.9. The average Bonchev–Trinajstić information content (AvgIpc) is 3.72. The smallest absolute Gasteiger partial charge is 0.666 e. The molecule has 0 unspecified atom stereocenters. The third kappa shape index (κ3) is 5.02. The van der Waals surface area contributed by atoms with Crippen molar-refractivity contribution in [3.8, 4) is 0 Å². The number of aldehydes is 1. The average molecular weight is 616 g/mol. The van der Waals surface area contributed by atoms with Gasteiger partial charge < -0.3 is 37.0 Å². The van der Waals surface area contributed by atoms with E-state index in [1.165, 1.54) is 7.11 Å². The molecule has 2 aliphatic heterocycles. The molecule has 0 aromatic carbocycles. The first kappa shape index (κ1) is 32.3. The zero-order valence-corrected chi connectivity index (χ0v) is 27.3. The first-order valence-electron chi connectivity index (χ1n) is 14.5. The van der Waals surface area contributed by atoms with Gasteiger partial charge in [-0.3, -0.25) is 19.2 Å². The fraction of sp³-hybridized carbons (Fsp3) is 0.324. The maximum atomic E-state index is 13.9. The van der Waals surface area contributed by atoms with Crippen LogP contribution >= 0.6 is 0 Å². The van der Waals surface area contributed by atoms with Crippen molar-refractivity contribution < 1.29 is 29.0 Å². The van der Waals surface area contributed by atoms with Crippen molar-refractivity contribution in [2.24, 2.45) is 17.8 Å². The van der Waals surface area contributed by atoms with E-state index in [2.05, 4.69) is 6.92 Å². The number of carboxylic acid groups (broad SMARTS) is 1. The van der Waals surface area contributed by atoms with Crippen LogP contribution in [0.4, 0.5) is 0 Å². The number of ketones is 1. The van der Waals surface area contributed by atoms with E-state index >= 15 is 0 Å². The van der Waals surface area contributed by atoms with Gasteiger partial charge in [0.25, 0.3) is 0 Å². The Morgan fingerprint density at radius 2 is 1.69 bits per heavy atom. The predicted molar refractivity (Wildman–Crippen MR) is 168 cm³/mol. The van der Waals surface area contributed by atoms with Crippen molar-refractivity contribution in [3.05, 3.63) is 90.5 Å². The number of hydrogen-bond acceptors (Lipinski definition) is 5. The molecule has 11 heteroatoms. The van der Waals surface area contributed by atoms with Crippen molar-refractivity contribution >= 4 is 70.9 Å². The molecule has 0 spiro atoms. The Morgan fingerprint density at radius 3 is 2.33 bits per heavy atom. The van der Waals surface area contributed by atoms with Gasteiger partial charge in [0.2, 0.25) is 0 Å². The maximum Gasteiger partial charge on any atom is 2.00 e. The van der Waals surface area contributed by atoms with Crippen LogP contribution in [0, 0.1) is 45.4 Å². The molecular weight excluding hydrogens is 585 g/mol. The third-order valence-electron chi connectivity index (χ3n) is 9.12. The Kier molecular flexibility index (Phi) is 8.62. The van der Waals surface area contributed by atoms with E-state index in [4.69, 9.17) is 25.0 Å². The fourth-order valence-electron chi connectivity index (χ4n) is 6.68. The number of fused-ring (bicyclic) bond motifs is 7. The van der Waals surface area contributed by atoms with Crippen LogP contribution in [0.5, 0.6) is 0 Å². The Morgan fingerprint density at radius 1 is 1.00 bits per heavy atom. The summed E-state index contributed by atoms with van der Waals surface area (Å²) in [6.45, 7) is 11.9. The number of methoxy groups -OCH3 is 1. The van der Waals surface area contributed by atoms with Crippen LogP contribution in [0.2, 0.25) is 0 Å². The predicted octanol–water partition coefficient (Wildman–Crippen LogP) is 2.50. The van der Waals surface area contributed by atoms with E-state index < -0.39 is 35.5 Å². The van der Waals surface area contributed by atoms with Gasteiger partial charge in [0, 0.05) is 17.5 Å². The van der Waals surface area contributed by atoms with Crippen LogP contribution in [0.1, 0.15) is 85.5 Å². The molecule has 5 heterocycles. The number of hydrogen-bond donors (Lipinski definition) is 1. The van der Waals surface area contributed by atoms with Gasteiger partial charge in [0.15, 0.2) is 5.78 Å². The fourth-order valence-corrected chi connectivity index (χ4v) is 6.68. The Balaban J connectivity index is 0.00000400. The third-order valence-corrected chi connectivity index (χ3v) is 9.12. The largest absolute Gasteiger partial charge is 2.00 e. The van der Waals surface area contributed by atoms with E-state index in [9.17, 15) is 24.3 Å². The number of carboxylic acids is 1. The van der Waals surface area contributed by atoms with Gasteiger partial charge in [-0.05, 0) is 33.6 Å². The molecule has 1 fully saturated rings. The summed E-state index contributed by atoms with van der Waals surface area (Å²) in [5.74, 6) is -4.51. The first-order chi connectivity index (χ1) is 21.0. The van der Waals surface area contributed by atoms with Crippen LogP contribution in [-0.2, 0) is 20.7 Å². The van der Waals surface area contributed by atoms with Crippen LogP contribution in [0.3, 0.4) is 0 Å². The first-order valence-corrected chi connectivity index (χ1v) is 14.5. The zero-order chi connectivity index (χ0) is 31.6. The van der Waals surface area contributed by atoms with Gasteiger partial charge in [0.1, 0.15) is 12.2 Å². The van der Waals surface area contributed by atoms with Crippen molar-refractivity contribution in [2.45, 2.75) is 47.0 Å². The summed E-state index contributed by atoms with van der Waals surface area (Å²) in [4.78, 5) is 65.5. The number of aliphatic carboxylic acids is 1. The van der Waals surface area contributed by atoms with E-state index in [-0.39, 0.29) is 35.9 Å². The Labute approximate surface area is 276 Å². The molecule has 45 heavy (non-hydrogen) atoms. The van der Waals surface area contributed by atoms with E-state index in [1.807, 2.05) is 19.9 Å². The molecule has 6 rings (SSSR count). The van der Waals surface area contributed by atoms with Crippen LogP contribution in [-0.4, -0.2) is 59.3 Å². The maximum absolute atomic E-state index is 13.9. The molecule has 3 aromatic rings. The van der Waals surface area contributed by atoms with Crippen molar-refractivity contribution in [1.82, 2.24) is 15.0 Å². The molecule has 0 amide bonds. The molecule has 3 aromatic heterocycles. The van der Waals surface area contributed by atoms with E-state index in [0.717, 1.165) is 17.4 Å². The second-order valence-corrected chi connectivity index (χ2v) is 11.5. The molecule has 8 bridgehead atoms. The summed E-state index contributed by atoms with van der Waals surface area (Å²) in [7, 11) is 1.22. The van der Waals surface area contributed by atoms with Crippen molar-refractivity contribution in [1.29, 1.82) is 0 Å². The number of carbonyl (C=O) groups is 4. The molecule has 3 atom stereocenters. The van der Waals surface area contributed by atoms with Crippen LogP contribution in [0.15, 0.2) is 11.4 Å². The Hall–Kier alpha value is -4.09. The SMILES string of the molecule is [CH2-][C@@H]1/C2=C/c3[n-]c(c(C=O)c3C)/C=c3\[n-]/c(c(CC)c3C)=C\c3[n-]c4c(c3C)C(=O)[C@H](C(=O)OC)/C4=C(/[N-]2)[C@H]1CCC(=O)O.[Mg+2]. The summed E-state index contributed by atoms with van der Waals surface area (Å²) >= 11 is 0. The summed E-state index contributed by atoms with van der Waals surface area (Å²) in [5.41, 5.74) is 7.06. The molecule has 1 N–H and O–H groups in total. The number of Topliss-reactive ketones (excluding diaryl/α,β-unsaturated/α-hetero) is 1. The number of rotatable bonds is 6. The molecule has 228 valence electrons. The minimum atomic E-state index is -1.29. The second-order valence-electron chi connectivity index (χ2n) is 11.5. The minimum absolute atomic E-state index is 0. The topological polar surface area (TPSA) is 154 Å². The molecule has 0 saturated carbocycles.